The normalized spacial score (nSPS) is 12.5. The number of alkyl carbamates (subject to hydrolysis) is 1. The second-order valence-electron chi connectivity index (χ2n) is 6.84. The highest BCUT2D eigenvalue weighted by Gasteiger charge is 2.25. The molecule has 1 amide bonds. The zero-order valence-corrected chi connectivity index (χ0v) is 15.9. The molecule has 0 spiro atoms. The molecule has 1 aromatic rings. The molecule has 1 unspecified atom stereocenters. The van der Waals surface area contributed by atoms with Gasteiger partial charge < -0.3 is 14.8 Å². The van der Waals surface area contributed by atoms with Gasteiger partial charge in [-0.05, 0) is 38.8 Å². The summed E-state index contributed by atoms with van der Waals surface area (Å²) >= 11 is 0. The van der Waals surface area contributed by atoms with E-state index in [2.05, 4.69) is 10.3 Å². The molecule has 1 aromatic carbocycles. The lowest BCUT2D eigenvalue weighted by molar-refractivity contribution is -0.143. The lowest BCUT2D eigenvalue weighted by Gasteiger charge is -2.22. The van der Waals surface area contributed by atoms with Crippen LogP contribution in [-0.2, 0) is 25.5 Å². The maximum Gasteiger partial charge on any atom is 0.408 e. The molecule has 0 fully saturated rings. The van der Waals surface area contributed by atoms with Gasteiger partial charge in [-0.15, -0.1) is 0 Å². The Morgan fingerprint density at radius 2 is 1.81 bits per heavy atom. The van der Waals surface area contributed by atoms with Gasteiger partial charge in [0, 0.05) is 12.6 Å². The number of aliphatic imine (C=N–C) groups is 1. The molecular weight excluding hydrogens is 336 g/mol. The fourth-order valence-corrected chi connectivity index (χ4v) is 2.04. The van der Waals surface area contributed by atoms with Crippen LogP contribution in [0.5, 0.6) is 0 Å². The number of esters is 1. The molecule has 1 N–H and O–H groups in total. The van der Waals surface area contributed by atoms with Gasteiger partial charge in [0.15, 0.2) is 5.78 Å². The number of benzene rings is 1. The molecule has 0 saturated heterocycles. The monoisotopic (exact) mass is 362 g/mol. The molecule has 0 aromatic heterocycles. The van der Waals surface area contributed by atoms with E-state index in [1.807, 2.05) is 24.3 Å². The van der Waals surface area contributed by atoms with Crippen LogP contribution in [0.25, 0.3) is 0 Å². The fourth-order valence-electron chi connectivity index (χ4n) is 2.04. The van der Waals surface area contributed by atoms with E-state index in [0.29, 0.717) is 0 Å². The molecule has 26 heavy (non-hydrogen) atoms. The van der Waals surface area contributed by atoms with Gasteiger partial charge in [0.1, 0.15) is 11.6 Å². The van der Waals surface area contributed by atoms with Gasteiger partial charge in [-0.1, -0.05) is 24.3 Å². The number of carbonyl (C=O) groups excluding carboxylic acids is 3. The lowest BCUT2D eigenvalue weighted by atomic mass is 10.0. The zero-order chi connectivity index (χ0) is 19.7. The second kappa shape index (κ2) is 9.70. The Bertz CT molecular complexity index is 660. The molecule has 0 aliphatic rings. The van der Waals surface area contributed by atoms with Crippen LogP contribution in [0.15, 0.2) is 29.3 Å². The summed E-state index contributed by atoms with van der Waals surface area (Å²) in [6.45, 7) is 6.85. The molecule has 0 aliphatic heterocycles. The molecular formula is C19H26N2O5. The minimum absolute atomic E-state index is 0.00740. The number of ketones is 1. The fraction of sp³-hybridized carbons (Fsp3) is 0.474. The van der Waals surface area contributed by atoms with Gasteiger partial charge in [-0.3, -0.25) is 9.79 Å². The van der Waals surface area contributed by atoms with E-state index in [1.165, 1.54) is 14.0 Å². The third kappa shape index (κ3) is 8.41. The van der Waals surface area contributed by atoms with Crippen molar-refractivity contribution < 1.29 is 23.9 Å². The van der Waals surface area contributed by atoms with Crippen molar-refractivity contribution in [2.45, 2.75) is 45.8 Å². The number of ether oxygens (including phenoxy) is 2. The third-order valence-electron chi connectivity index (χ3n) is 3.15. The first kappa shape index (κ1) is 21.3. The van der Waals surface area contributed by atoms with Crippen LogP contribution in [0, 0.1) is 0 Å². The Labute approximate surface area is 153 Å². The first-order valence-electron chi connectivity index (χ1n) is 8.26. The number of rotatable bonds is 7. The Morgan fingerprint density at radius 3 is 2.31 bits per heavy atom. The highest BCUT2D eigenvalue weighted by Crippen LogP contribution is 2.10. The molecule has 0 radical (unpaired) electrons. The average molecular weight is 362 g/mol. The van der Waals surface area contributed by atoms with E-state index >= 15 is 0 Å². The highest BCUT2D eigenvalue weighted by atomic mass is 16.6. The van der Waals surface area contributed by atoms with Gasteiger partial charge in [-0.2, -0.15) is 0 Å². The minimum Gasteiger partial charge on any atom is -0.467 e. The molecule has 0 aliphatic carbocycles. The summed E-state index contributed by atoms with van der Waals surface area (Å²) in [4.78, 5) is 38.8. The summed E-state index contributed by atoms with van der Waals surface area (Å²) < 4.78 is 9.93. The Balaban J connectivity index is 2.76. The molecule has 7 heteroatoms. The van der Waals surface area contributed by atoms with Crippen molar-refractivity contribution in [1.29, 1.82) is 0 Å². The van der Waals surface area contributed by atoms with Crippen LogP contribution in [0.4, 0.5) is 4.79 Å². The molecule has 1 atom stereocenters. The average Bonchev–Trinajstić information content (AvgIpc) is 2.53. The van der Waals surface area contributed by atoms with Crippen LogP contribution in [0.3, 0.4) is 0 Å². The first-order chi connectivity index (χ1) is 12.1. The zero-order valence-electron chi connectivity index (χ0n) is 15.9. The molecule has 142 valence electrons. The predicted molar refractivity (Wildman–Crippen MR) is 98.5 cm³/mol. The molecule has 0 bridgehead atoms. The van der Waals surface area contributed by atoms with Crippen molar-refractivity contribution in [2.24, 2.45) is 4.99 Å². The highest BCUT2D eigenvalue weighted by molar-refractivity contribution is 5.84. The van der Waals surface area contributed by atoms with Crippen molar-refractivity contribution in [3.8, 4) is 0 Å². The van der Waals surface area contributed by atoms with Crippen molar-refractivity contribution in [3.63, 3.8) is 0 Å². The summed E-state index contributed by atoms with van der Waals surface area (Å²) in [5.41, 5.74) is 1.01. The van der Waals surface area contributed by atoms with Crippen LogP contribution < -0.4 is 5.32 Å². The summed E-state index contributed by atoms with van der Waals surface area (Å²) in [6.07, 6.45) is 1.19. The third-order valence-corrected chi connectivity index (χ3v) is 3.15. The Morgan fingerprint density at radius 1 is 1.19 bits per heavy atom. The number of nitrogens with one attached hydrogen (secondary N) is 1. The number of Topliss-reactive ketones (excluding diaryl/α,β-unsaturated/α-hetero) is 1. The number of hydrogen-bond donors (Lipinski definition) is 1. The van der Waals surface area contributed by atoms with Crippen molar-refractivity contribution in [3.05, 3.63) is 35.4 Å². The summed E-state index contributed by atoms with van der Waals surface area (Å²) in [6, 6.07) is 6.43. The maximum atomic E-state index is 11.9. The minimum atomic E-state index is -0.855. The van der Waals surface area contributed by atoms with E-state index < -0.39 is 23.7 Å². The molecule has 7 nitrogen and oxygen atoms in total. The number of amides is 1. The van der Waals surface area contributed by atoms with Crippen LogP contribution in [-0.4, -0.2) is 49.4 Å². The molecule has 0 saturated carbocycles. The lowest BCUT2D eigenvalue weighted by Crippen LogP contribution is -2.45. The SMILES string of the molecule is COC(=O)C(Cc1ccc(C=NCC(C)=O)cc1)NC(=O)OC(C)(C)C. The first-order valence-corrected chi connectivity index (χ1v) is 8.26. The standard InChI is InChI=1S/C19H26N2O5/c1-13(22)11-20-12-15-8-6-14(7-9-15)10-16(17(23)25-5)21-18(24)26-19(2,3)4/h6-9,12,16H,10-11H2,1-5H3,(H,21,24). The largest absolute Gasteiger partial charge is 0.467 e. The van der Waals surface area contributed by atoms with E-state index in [9.17, 15) is 14.4 Å². The van der Waals surface area contributed by atoms with Crippen LogP contribution in [0.2, 0.25) is 0 Å². The van der Waals surface area contributed by atoms with Crippen LogP contribution in [0.1, 0.15) is 38.8 Å². The van der Waals surface area contributed by atoms with E-state index in [0.717, 1.165) is 11.1 Å². The molecule has 1 rings (SSSR count). The number of methoxy groups -OCH3 is 1. The van der Waals surface area contributed by atoms with Gasteiger partial charge in [0.05, 0.1) is 13.7 Å². The number of hydrogen-bond acceptors (Lipinski definition) is 6. The van der Waals surface area contributed by atoms with Gasteiger partial charge in [-0.25, -0.2) is 9.59 Å². The van der Waals surface area contributed by atoms with E-state index in [1.54, 1.807) is 27.0 Å². The van der Waals surface area contributed by atoms with Crippen molar-refractivity contribution in [1.82, 2.24) is 5.32 Å². The van der Waals surface area contributed by atoms with E-state index in [4.69, 9.17) is 9.47 Å². The van der Waals surface area contributed by atoms with Gasteiger partial charge in [0.25, 0.3) is 0 Å². The smallest absolute Gasteiger partial charge is 0.408 e. The second-order valence-corrected chi connectivity index (χ2v) is 6.84. The van der Waals surface area contributed by atoms with E-state index in [-0.39, 0.29) is 18.7 Å². The summed E-state index contributed by atoms with van der Waals surface area (Å²) in [5.74, 6) is -0.560. The Kier molecular flexibility index (Phi) is 7.96. The summed E-state index contributed by atoms with van der Waals surface area (Å²) in [7, 11) is 1.26. The molecule has 0 heterocycles. The number of carbonyl (C=O) groups is 3. The quantitative estimate of drug-likeness (QED) is 0.593. The predicted octanol–water partition coefficient (Wildman–Crippen LogP) is 2.30. The van der Waals surface area contributed by atoms with Gasteiger partial charge >= 0.3 is 12.1 Å². The topological polar surface area (TPSA) is 94.1 Å². The van der Waals surface area contributed by atoms with Crippen LogP contribution >= 0.6 is 0 Å². The Hall–Kier alpha value is -2.70. The van der Waals surface area contributed by atoms with Gasteiger partial charge in [0.2, 0.25) is 0 Å². The summed E-state index contributed by atoms with van der Waals surface area (Å²) in [5, 5.41) is 2.53. The maximum absolute atomic E-state index is 11.9. The number of nitrogens with zero attached hydrogens (tertiary/aromatic N) is 1. The van der Waals surface area contributed by atoms with Crippen molar-refractivity contribution in [2.75, 3.05) is 13.7 Å². The van der Waals surface area contributed by atoms with Crippen molar-refractivity contribution >= 4 is 24.1 Å².